The molecular formula is C36H61N7O5. The summed E-state index contributed by atoms with van der Waals surface area (Å²) >= 11 is 0. The van der Waals surface area contributed by atoms with Crippen LogP contribution in [0.15, 0.2) is 18.6 Å². The van der Waals surface area contributed by atoms with Gasteiger partial charge in [-0.05, 0) is 37.5 Å². The third-order valence-corrected chi connectivity index (χ3v) is 8.32. The molecule has 5 amide bonds. The number of hydrogen-bond donors (Lipinski definition) is 4. The number of aromatic nitrogens is 2. The van der Waals surface area contributed by atoms with Gasteiger partial charge in [0.2, 0.25) is 23.6 Å². The van der Waals surface area contributed by atoms with Crippen LogP contribution in [-0.4, -0.2) is 81.7 Å². The molecule has 2 heterocycles. The molecule has 4 rings (SSSR count). The first-order valence-electron chi connectivity index (χ1n) is 18.1. The van der Waals surface area contributed by atoms with E-state index in [1.807, 2.05) is 27.7 Å². The number of nitrogens with zero attached hydrogens (tertiary/aromatic N) is 3. The molecule has 3 fully saturated rings. The Bertz CT molecular complexity index is 1140. The van der Waals surface area contributed by atoms with E-state index in [1.54, 1.807) is 0 Å². The number of nitrogens with one attached hydrogen (secondary N) is 4. The molecule has 1 aliphatic heterocycles. The molecule has 1 aromatic rings. The molecule has 270 valence electrons. The molecule has 2 saturated carbocycles. The highest BCUT2D eigenvalue weighted by Gasteiger charge is 2.42. The lowest BCUT2D eigenvalue weighted by Crippen LogP contribution is -2.59. The predicted octanol–water partition coefficient (Wildman–Crippen LogP) is 4.44. The minimum Gasteiger partial charge on any atom is -0.353 e. The molecule has 2 aliphatic carbocycles. The van der Waals surface area contributed by atoms with Crippen molar-refractivity contribution in [2.75, 3.05) is 13.1 Å². The Kier molecular flexibility index (Phi) is 18.1. The Hall–Kier alpha value is -3.57. The number of carbonyl (C=O) groups is 5. The first kappa shape index (κ1) is 40.6. The van der Waals surface area contributed by atoms with Crippen molar-refractivity contribution in [2.45, 2.75) is 156 Å². The van der Waals surface area contributed by atoms with Crippen molar-refractivity contribution < 1.29 is 24.0 Å². The van der Waals surface area contributed by atoms with Gasteiger partial charge in [0.25, 0.3) is 5.91 Å². The lowest BCUT2D eigenvalue weighted by atomic mass is 9.85. The number of likely N-dealkylation sites (tertiary alicyclic amines) is 1. The molecule has 3 atom stereocenters. The summed E-state index contributed by atoms with van der Waals surface area (Å²) in [6, 6.07) is -1.65. The van der Waals surface area contributed by atoms with E-state index >= 15 is 0 Å². The van der Waals surface area contributed by atoms with Crippen LogP contribution in [0.25, 0.3) is 0 Å². The highest BCUT2D eigenvalue weighted by atomic mass is 16.2. The van der Waals surface area contributed by atoms with Gasteiger partial charge in [-0.3, -0.25) is 29.0 Å². The number of hydrogen-bond acceptors (Lipinski definition) is 7. The summed E-state index contributed by atoms with van der Waals surface area (Å²) in [6.45, 7) is 11.8. The topological polar surface area (TPSA) is 162 Å². The van der Waals surface area contributed by atoms with Gasteiger partial charge in [0.05, 0.1) is 12.7 Å². The van der Waals surface area contributed by atoms with Crippen molar-refractivity contribution in [1.29, 1.82) is 0 Å². The molecule has 0 bridgehead atoms. The summed E-state index contributed by atoms with van der Waals surface area (Å²) in [5.41, 5.74) is -0.581. The molecule has 0 radical (unpaired) electrons. The average molecular weight is 672 g/mol. The van der Waals surface area contributed by atoms with Crippen LogP contribution in [0.4, 0.5) is 0 Å². The van der Waals surface area contributed by atoms with Crippen LogP contribution < -0.4 is 21.3 Å². The average Bonchev–Trinajstić information content (AvgIpc) is 3.73. The Balaban J connectivity index is 0.000000775. The van der Waals surface area contributed by atoms with E-state index in [0.29, 0.717) is 25.8 Å². The number of rotatable bonds is 12. The standard InChI is InChI=1S/C27H41N7O5.C6H12.C3H8/c1-5-7-18(14-21(35)31-17-9-10-17)32-25(38)20-8-6-13-34(20)26(39)23(27(2,3)4)33-22(36)16-30-24(37)19-15-28-11-12-29-19;1-2-4-6-5-3-1;1-3-2/h11-12,15,17-18,20,23H,5-10,13-14,16H2,1-4H3,(H,30,37)(H,31,35)(H,32,38)(H,33,36);1-6H2;3H2,1-2H3. The zero-order valence-corrected chi connectivity index (χ0v) is 30.2. The minimum absolute atomic E-state index is 0.0717. The van der Waals surface area contributed by atoms with Gasteiger partial charge in [0, 0.05) is 37.4 Å². The summed E-state index contributed by atoms with van der Waals surface area (Å²) < 4.78 is 0. The first-order valence-corrected chi connectivity index (χ1v) is 18.1. The molecule has 12 nitrogen and oxygen atoms in total. The molecule has 12 heteroatoms. The molecule has 3 aliphatic rings. The van der Waals surface area contributed by atoms with Gasteiger partial charge in [-0.15, -0.1) is 0 Å². The largest absolute Gasteiger partial charge is 0.353 e. The van der Waals surface area contributed by atoms with Gasteiger partial charge in [-0.1, -0.05) is 92.9 Å². The Morgan fingerprint density at radius 3 is 2.02 bits per heavy atom. The molecule has 1 saturated heterocycles. The van der Waals surface area contributed by atoms with Gasteiger partial charge in [0.15, 0.2) is 0 Å². The lowest BCUT2D eigenvalue weighted by Gasteiger charge is -2.35. The van der Waals surface area contributed by atoms with Crippen LogP contribution in [0.2, 0.25) is 0 Å². The van der Waals surface area contributed by atoms with Crippen molar-refractivity contribution in [2.24, 2.45) is 5.41 Å². The molecule has 4 N–H and O–H groups in total. The summed E-state index contributed by atoms with van der Waals surface area (Å²) in [5, 5.41) is 11.2. The third kappa shape index (κ3) is 15.1. The minimum atomic E-state index is -0.914. The van der Waals surface area contributed by atoms with Crippen molar-refractivity contribution in [3.05, 3.63) is 24.3 Å². The van der Waals surface area contributed by atoms with Crippen LogP contribution in [0.5, 0.6) is 0 Å². The van der Waals surface area contributed by atoms with E-state index < -0.39 is 29.3 Å². The molecule has 1 aromatic heterocycles. The van der Waals surface area contributed by atoms with Gasteiger partial charge in [-0.25, -0.2) is 4.98 Å². The fourth-order valence-corrected chi connectivity index (χ4v) is 5.67. The molecule has 0 spiro atoms. The molecule has 48 heavy (non-hydrogen) atoms. The monoisotopic (exact) mass is 671 g/mol. The van der Waals surface area contributed by atoms with Gasteiger partial charge < -0.3 is 26.2 Å². The van der Waals surface area contributed by atoms with Crippen LogP contribution in [0, 0.1) is 5.41 Å². The number of carbonyl (C=O) groups excluding carboxylic acids is 5. The van der Waals surface area contributed by atoms with E-state index in [0.717, 1.165) is 19.3 Å². The van der Waals surface area contributed by atoms with Crippen LogP contribution in [0.1, 0.15) is 142 Å². The maximum Gasteiger partial charge on any atom is 0.271 e. The van der Waals surface area contributed by atoms with Crippen molar-refractivity contribution >= 4 is 29.5 Å². The first-order chi connectivity index (χ1) is 22.9. The Morgan fingerprint density at radius 2 is 1.50 bits per heavy atom. The van der Waals surface area contributed by atoms with Crippen LogP contribution in [-0.2, 0) is 19.2 Å². The fraction of sp³-hybridized carbons (Fsp3) is 0.750. The molecule has 3 unspecified atom stereocenters. The molecular weight excluding hydrogens is 610 g/mol. The summed E-state index contributed by atoms with van der Waals surface area (Å²) in [5.74, 6) is -1.80. The van der Waals surface area contributed by atoms with E-state index in [4.69, 9.17) is 0 Å². The second-order valence-corrected chi connectivity index (χ2v) is 14.2. The maximum atomic E-state index is 13.7. The maximum absolute atomic E-state index is 13.7. The Morgan fingerprint density at radius 1 is 0.875 bits per heavy atom. The highest BCUT2D eigenvalue weighted by molar-refractivity contribution is 5.96. The van der Waals surface area contributed by atoms with E-state index in [1.165, 1.54) is 68.4 Å². The van der Waals surface area contributed by atoms with Gasteiger partial charge in [0.1, 0.15) is 17.8 Å². The van der Waals surface area contributed by atoms with Crippen LogP contribution in [0.3, 0.4) is 0 Å². The van der Waals surface area contributed by atoms with E-state index in [-0.39, 0.29) is 48.5 Å². The number of amides is 5. The zero-order valence-electron chi connectivity index (χ0n) is 30.2. The van der Waals surface area contributed by atoms with Crippen molar-refractivity contribution in [1.82, 2.24) is 36.1 Å². The van der Waals surface area contributed by atoms with Gasteiger partial charge in [-0.2, -0.15) is 0 Å². The SMILES string of the molecule is C1CCCCC1.CCC.CCCC(CC(=O)NC1CC1)NC(=O)C1CCCN1C(=O)C(NC(=O)CNC(=O)c1cnccn1)C(C)(C)C. The van der Waals surface area contributed by atoms with Crippen molar-refractivity contribution in [3.8, 4) is 0 Å². The van der Waals surface area contributed by atoms with Crippen LogP contribution >= 0.6 is 0 Å². The molecule has 0 aromatic carbocycles. The smallest absolute Gasteiger partial charge is 0.271 e. The summed E-state index contributed by atoms with van der Waals surface area (Å²) in [4.78, 5) is 73.5. The second-order valence-electron chi connectivity index (χ2n) is 14.2. The van der Waals surface area contributed by atoms with Crippen molar-refractivity contribution in [3.63, 3.8) is 0 Å². The Labute approximate surface area is 287 Å². The summed E-state index contributed by atoms with van der Waals surface area (Å²) in [6.07, 6.45) is 19.2. The predicted molar refractivity (Wildman–Crippen MR) is 187 cm³/mol. The zero-order chi connectivity index (χ0) is 35.5. The normalized spacial score (nSPS) is 18.5. The third-order valence-electron chi connectivity index (χ3n) is 8.32. The van der Waals surface area contributed by atoms with E-state index in [9.17, 15) is 24.0 Å². The summed E-state index contributed by atoms with van der Waals surface area (Å²) in [7, 11) is 0. The lowest BCUT2D eigenvalue weighted by molar-refractivity contribution is -0.144. The van der Waals surface area contributed by atoms with E-state index in [2.05, 4.69) is 45.1 Å². The highest BCUT2D eigenvalue weighted by Crippen LogP contribution is 2.26. The fourth-order valence-electron chi connectivity index (χ4n) is 5.67. The second kappa shape index (κ2) is 21.4. The van der Waals surface area contributed by atoms with Gasteiger partial charge >= 0.3 is 0 Å². The quantitative estimate of drug-likeness (QED) is 0.255.